The standard InChI is InChI=1S/C59H114O6/c1-6-7-8-9-10-11-12-13-14-15-16-17-18-22-25-28-34-39-44-49-57(60)63-52-56(65-59(62)51-46-41-36-31-30-33-38-43-48-55(4)5)53-64-58(61)50-45-40-35-29-26-23-20-19-21-24-27-32-37-42-47-54(2)3/h54-56H,6-53H2,1-5H3/t56-/m1/s1. The van der Waals surface area contributed by atoms with Crippen molar-refractivity contribution in [1.82, 2.24) is 0 Å². The number of carbonyl (C=O) groups is 3. The Morgan fingerprint density at radius 2 is 0.508 bits per heavy atom. The van der Waals surface area contributed by atoms with Crippen LogP contribution >= 0.6 is 0 Å². The maximum atomic E-state index is 12.8. The molecule has 0 aromatic heterocycles. The van der Waals surface area contributed by atoms with Crippen LogP contribution in [0.3, 0.4) is 0 Å². The van der Waals surface area contributed by atoms with Gasteiger partial charge in [0, 0.05) is 19.3 Å². The maximum Gasteiger partial charge on any atom is 0.306 e. The Labute approximate surface area is 406 Å². The molecule has 6 nitrogen and oxygen atoms in total. The molecule has 0 saturated heterocycles. The fourth-order valence-electron chi connectivity index (χ4n) is 9.05. The molecule has 0 radical (unpaired) electrons. The molecule has 0 saturated carbocycles. The van der Waals surface area contributed by atoms with Crippen LogP contribution in [0.4, 0.5) is 0 Å². The molecule has 386 valence electrons. The zero-order valence-electron chi connectivity index (χ0n) is 44.6. The summed E-state index contributed by atoms with van der Waals surface area (Å²) in [6.45, 7) is 11.4. The number of unbranched alkanes of at least 4 members (excludes halogenated alkanes) is 38. The lowest BCUT2D eigenvalue weighted by Gasteiger charge is -2.18. The van der Waals surface area contributed by atoms with Crippen molar-refractivity contribution in [3.05, 3.63) is 0 Å². The van der Waals surface area contributed by atoms with Crippen LogP contribution < -0.4 is 0 Å². The summed E-state index contributed by atoms with van der Waals surface area (Å²) >= 11 is 0. The molecule has 0 N–H and O–H groups in total. The molecule has 0 aliphatic heterocycles. The highest BCUT2D eigenvalue weighted by atomic mass is 16.6. The zero-order valence-corrected chi connectivity index (χ0v) is 44.6. The highest BCUT2D eigenvalue weighted by Crippen LogP contribution is 2.18. The van der Waals surface area contributed by atoms with Crippen molar-refractivity contribution in [3.63, 3.8) is 0 Å². The van der Waals surface area contributed by atoms with E-state index in [0.717, 1.165) is 69.6 Å². The van der Waals surface area contributed by atoms with Crippen molar-refractivity contribution >= 4 is 17.9 Å². The van der Waals surface area contributed by atoms with Gasteiger partial charge in [-0.05, 0) is 31.1 Å². The first-order chi connectivity index (χ1) is 31.7. The van der Waals surface area contributed by atoms with E-state index in [2.05, 4.69) is 34.6 Å². The van der Waals surface area contributed by atoms with Crippen LogP contribution in [0.15, 0.2) is 0 Å². The molecule has 0 fully saturated rings. The van der Waals surface area contributed by atoms with Crippen molar-refractivity contribution in [1.29, 1.82) is 0 Å². The molecule has 0 rings (SSSR count). The Bertz CT molecular complexity index is 993. The minimum absolute atomic E-state index is 0.0633. The molecule has 6 heteroatoms. The highest BCUT2D eigenvalue weighted by molar-refractivity contribution is 5.71. The lowest BCUT2D eigenvalue weighted by atomic mass is 10.0. The van der Waals surface area contributed by atoms with Gasteiger partial charge >= 0.3 is 17.9 Å². The smallest absolute Gasteiger partial charge is 0.306 e. The van der Waals surface area contributed by atoms with Gasteiger partial charge in [-0.3, -0.25) is 14.4 Å². The number of esters is 3. The van der Waals surface area contributed by atoms with Gasteiger partial charge in [0.25, 0.3) is 0 Å². The van der Waals surface area contributed by atoms with Gasteiger partial charge in [-0.15, -0.1) is 0 Å². The van der Waals surface area contributed by atoms with Crippen LogP contribution in [0.1, 0.15) is 330 Å². The van der Waals surface area contributed by atoms with E-state index in [1.54, 1.807) is 0 Å². The molecule has 0 heterocycles. The minimum Gasteiger partial charge on any atom is -0.462 e. The highest BCUT2D eigenvalue weighted by Gasteiger charge is 2.19. The predicted molar refractivity (Wildman–Crippen MR) is 280 cm³/mol. The van der Waals surface area contributed by atoms with E-state index >= 15 is 0 Å². The fourth-order valence-corrected chi connectivity index (χ4v) is 9.05. The topological polar surface area (TPSA) is 78.9 Å². The maximum absolute atomic E-state index is 12.8. The van der Waals surface area contributed by atoms with Crippen molar-refractivity contribution in [2.24, 2.45) is 11.8 Å². The van der Waals surface area contributed by atoms with Crippen LogP contribution in [0.5, 0.6) is 0 Å². The van der Waals surface area contributed by atoms with Gasteiger partial charge in [-0.25, -0.2) is 0 Å². The summed E-state index contributed by atoms with van der Waals surface area (Å²) in [6, 6.07) is 0. The van der Waals surface area contributed by atoms with Gasteiger partial charge in [-0.1, -0.05) is 291 Å². The fraction of sp³-hybridized carbons (Fsp3) is 0.949. The van der Waals surface area contributed by atoms with E-state index in [-0.39, 0.29) is 31.1 Å². The molecule has 0 spiro atoms. The SMILES string of the molecule is CCCCCCCCCCCCCCCCCCCCCC(=O)OC[C@H](COC(=O)CCCCCCCCCCCCCCCCC(C)C)OC(=O)CCCCCCCCCCC(C)C. The molecule has 0 aromatic rings. The summed E-state index contributed by atoms with van der Waals surface area (Å²) < 4.78 is 16.9. The summed E-state index contributed by atoms with van der Waals surface area (Å²) in [7, 11) is 0. The van der Waals surface area contributed by atoms with E-state index < -0.39 is 6.10 Å². The monoisotopic (exact) mass is 919 g/mol. The van der Waals surface area contributed by atoms with E-state index in [4.69, 9.17) is 14.2 Å². The lowest BCUT2D eigenvalue weighted by molar-refractivity contribution is -0.167. The van der Waals surface area contributed by atoms with Crippen LogP contribution in [-0.4, -0.2) is 37.2 Å². The number of ether oxygens (including phenoxy) is 3. The van der Waals surface area contributed by atoms with E-state index in [1.807, 2.05) is 0 Å². The molecular formula is C59H114O6. The van der Waals surface area contributed by atoms with Crippen LogP contribution in [0, 0.1) is 11.8 Å². The summed E-state index contributed by atoms with van der Waals surface area (Å²) in [4.78, 5) is 38.1. The predicted octanol–water partition coefficient (Wildman–Crippen LogP) is 19.3. The van der Waals surface area contributed by atoms with Crippen molar-refractivity contribution in [3.8, 4) is 0 Å². The van der Waals surface area contributed by atoms with Crippen LogP contribution in [0.2, 0.25) is 0 Å². The molecule has 0 aliphatic rings. The first kappa shape index (κ1) is 63.4. The Balaban J connectivity index is 4.23. The Hall–Kier alpha value is -1.59. The van der Waals surface area contributed by atoms with Gasteiger partial charge < -0.3 is 14.2 Å². The summed E-state index contributed by atoms with van der Waals surface area (Å²) in [6.07, 6.45) is 55.3. The minimum atomic E-state index is -0.763. The number of rotatable bonds is 53. The molecule has 65 heavy (non-hydrogen) atoms. The van der Waals surface area contributed by atoms with Crippen LogP contribution in [0.25, 0.3) is 0 Å². The molecule has 0 aromatic carbocycles. The first-order valence-corrected chi connectivity index (χ1v) is 29.2. The number of hydrogen-bond donors (Lipinski definition) is 0. The number of hydrogen-bond acceptors (Lipinski definition) is 6. The molecule has 0 aliphatic carbocycles. The van der Waals surface area contributed by atoms with Gasteiger partial charge in [0.2, 0.25) is 0 Å². The van der Waals surface area contributed by atoms with Gasteiger partial charge in [0.05, 0.1) is 0 Å². The largest absolute Gasteiger partial charge is 0.462 e. The normalized spacial score (nSPS) is 12.0. The van der Waals surface area contributed by atoms with E-state index in [1.165, 1.54) is 218 Å². The average Bonchev–Trinajstić information content (AvgIpc) is 3.28. The van der Waals surface area contributed by atoms with E-state index in [9.17, 15) is 14.4 Å². The lowest BCUT2D eigenvalue weighted by Crippen LogP contribution is -2.30. The second kappa shape index (κ2) is 51.8. The third-order valence-corrected chi connectivity index (χ3v) is 13.5. The summed E-state index contributed by atoms with van der Waals surface area (Å²) in [5.74, 6) is 0.796. The van der Waals surface area contributed by atoms with Gasteiger partial charge in [0.15, 0.2) is 6.10 Å². The molecule has 0 bridgehead atoms. The Morgan fingerprint density at radius 1 is 0.292 bits per heavy atom. The molecule has 1 atom stereocenters. The van der Waals surface area contributed by atoms with Crippen molar-refractivity contribution in [2.45, 2.75) is 336 Å². The number of carbonyl (C=O) groups excluding carboxylic acids is 3. The van der Waals surface area contributed by atoms with E-state index in [0.29, 0.717) is 19.3 Å². The zero-order chi connectivity index (χ0) is 47.5. The Kier molecular flexibility index (Phi) is 50.5. The van der Waals surface area contributed by atoms with Crippen molar-refractivity contribution in [2.75, 3.05) is 13.2 Å². The second-order valence-corrected chi connectivity index (χ2v) is 21.2. The quantitative estimate of drug-likeness (QED) is 0.0344. The molecule has 0 amide bonds. The second-order valence-electron chi connectivity index (χ2n) is 21.2. The third kappa shape index (κ3) is 53.2. The third-order valence-electron chi connectivity index (χ3n) is 13.5. The van der Waals surface area contributed by atoms with Crippen molar-refractivity contribution < 1.29 is 28.6 Å². The average molecular weight is 920 g/mol. The molecular weight excluding hydrogens is 805 g/mol. The summed E-state index contributed by atoms with van der Waals surface area (Å²) in [5.41, 5.74) is 0. The van der Waals surface area contributed by atoms with Crippen LogP contribution in [-0.2, 0) is 28.6 Å². The van der Waals surface area contributed by atoms with Gasteiger partial charge in [-0.2, -0.15) is 0 Å². The first-order valence-electron chi connectivity index (χ1n) is 29.2. The molecule has 0 unspecified atom stereocenters. The summed E-state index contributed by atoms with van der Waals surface area (Å²) in [5, 5.41) is 0. The Morgan fingerprint density at radius 3 is 0.754 bits per heavy atom. The van der Waals surface area contributed by atoms with Gasteiger partial charge in [0.1, 0.15) is 13.2 Å².